The molecule has 0 aromatic heterocycles. The van der Waals surface area contributed by atoms with Gasteiger partial charge in [-0.1, -0.05) is 30.3 Å². The molecule has 1 atom stereocenters. The lowest BCUT2D eigenvalue weighted by atomic mass is 10.0. The highest BCUT2D eigenvalue weighted by Gasteiger charge is 2.19. The summed E-state index contributed by atoms with van der Waals surface area (Å²) in [5, 5.41) is 17.8. The first kappa shape index (κ1) is 21.5. The van der Waals surface area contributed by atoms with Crippen LogP contribution in [-0.4, -0.2) is 30.4 Å². The minimum absolute atomic E-state index is 0.374. The van der Waals surface area contributed by atoms with E-state index in [0.29, 0.717) is 30.3 Å². The lowest BCUT2D eigenvalue weighted by Crippen LogP contribution is -2.09. The summed E-state index contributed by atoms with van der Waals surface area (Å²) in [6, 6.07) is 17.5. The maximum absolute atomic E-state index is 10.9. The Hall–Kier alpha value is -3.53. The third-order valence-electron chi connectivity index (χ3n) is 3.07. The van der Waals surface area contributed by atoms with E-state index in [4.69, 9.17) is 15.1 Å². The number of rotatable bonds is 6. The lowest BCUT2D eigenvalue weighted by Gasteiger charge is -2.08. The van der Waals surface area contributed by atoms with Gasteiger partial charge in [0, 0.05) is 0 Å². The summed E-state index contributed by atoms with van der Waals surface area (Å²) in [5.74, 6) is -1.19. The predicted molar refractivity (Wildman–Crippen MR) is 97.6 cm³/mol. The van der Waals surface area contributed by atoms with Crippen LogP contribution in [0.1, 0.15) is 25.3 Å². The maximum atomic E-state index is 10.9. The number of ether oxygens (including phenoxy) is 3. The molecule has 2 aromatic rings. The average molecular weight is 371 g/mol. The molecule has 0 aliphatic carbocycles. The number of nitriles is 1. The van der Waals surface area contributed by atoms with Crippen LogP contribution in [0.25, 0.3) is 0 Å². The van der Waals surface area contributed by atoms with E-state index in [1.54, 1.807) is 56.3 Å². The van der Waals surface area contributed by atoms with Gasteiger partial charge < -0.3 is 19.3 Å². The second-order valence-electron chi connectivity index (χ2n) is 5.00. The van der Waals surface area contributed by atoms with Gasteiger partial charge in [-0.3, -0.25) is 4.79 Å². The average Bonchev–Trinajstić information content (AvgIpc) is 2.64. The number of benzene rings is 2. The Bertz CT molecular complexity index is 762. The Morgan fingerprint density at radius 1 is 1.00 bits per heavy atom. The van der Waals surface area contributed by atoms with Crippen molar-refractivity contribution in [1.29, 1.82) is 5.26 Å². The first-order chi connectivity index (χ1) is 13.0. The molecule has 142 valence electrons. The number of carboxylic acids is 1. The SMILES string of the molecule is CCOC(=O)OCC.N#CC(C(=O)O)c1cccc(Oc2ccccc2)c1. The number of carbonyl (C=O) groups is 2. The Labute approximate surface area is 157 Å². The zero-order valence-electron chi connectivity index (χ0n) is 15.1. The second kappa shape index (κ2) is 11.9. The minimum Gasteiger partial charge on any atom is -0.480 e. The van der Waals surface area contributed by atoms with Crippen LogP contribution in [0, 0.1) is 11.3 Å². The Morgan fingerprint density at radius 2 is 1.59 bits per heavy atom. The fourth-order valence-electron chi connectivity index (χ4n) is 1.93. The molecule has 1 N–H and O–H groups in total. The molecular formula is C20H21NO6. The van der Waals surface area contributed by atoms with Gasteiger partial charge in [-0.05, 0) is 43.7 Å². The summed E-state index contributed by atoms with van der Waals surface area (Å²) in [6.07, 6.45) is -0.588. The first-order valence-corrected chi connectivity index (χ1v) is 8.26. The standard InChI is InChI=1S/C15H11NO3.C5H10O3/c16-10-14(15(17)18)11-5-4-8-13(9-11)19-12-6-2-1-3-7-12;1-3-7-5(6)8-4-2/h1-9,14H,(H,17,18);3-4H2,1-2H3. The fourth-order valence-corrected chi connectivity index (χ4v) is 1.93. The van der Waals surface area contributed by atoms with Gasteiger partial charge in [-0.15, -0.1) is 0 Å². The topological polar surface area (TPSA) is 106 Å². The molecule has 2 aromatic carbocycles. The molecule has 0 saturated carbocycles. The van der Waals surface area contributed by atoms with E-state index in [-0.39, 0.29) is 0 Å². The summed E-state index contributed by atoms with van der Waals surface area (Å²) < 4.78 is 14.4. The molecule has 1 unspecified atom stereocenters. The van der Waals surface area contributed by atoms with E-state index in [0.717, 1.165) is 0 Å². The number of carboxylic acid groups (broad SMARTS) is 1. The minimum atomic E-state index is -1.18. The molecule has 0 fully saturated rings. The van der Waals surface area contributed by atoms with Gasteiger partial charge in [-0.2, -0.15) is 5.26 Å². The van der Waals surface area contributed by atoms with E-state index in [1.165, 1.54) is 0 Å². The van der Waals surface area contributed by atoms with Crippen LogP contribution in [0.5, 0.6) is 11.5 Å². The van der Waals surface area contributed by atoms with Crippen LogP contribution in [-0.2, 0) is 14.3 Å². The van der Waals surface area contributed by atoms with Crippen LogP contribution in [0.2, 0.25) is 0 Å². The van der Waals surface area contributed by atoms with Crippen molar-refractivity contribution in [2.45, 2.75) is 19.8 Å². The third-order valence-corrected chi connectivity index (χ3v) is 3.07. The van der Waals surface area contributed by atoms with Gasteiger partial charge in [-0.25, -0.2) is 4.79 Å². The molecule has 0 amide bonds. The van der Waals surface area contributed by atoms with E-state index >= 15 is 0 Å². The zero-order valence-corrected chi connectivity index (χ0v) is 15.1. The number of nitrogens with zero attached hydrogens (tertiary/aromatic N) is 1. The number of hydrogen-bond donors (Lipinski definition) is 1. The summed E-state index contributed by atoms with van der Waals surface area (Å²) >= 11 is 0. The molecular weight excluding hydrogens is 350 g/mol. The summed E-state index contributed by atoms with van der Waals surface area (Å²) in [7, 11) is 0. The summed E-state index contributed by atoms with van der Waals surface area (Å²) in [6.45, 7) is 4.21. The van der Waals surface area contributed by atoms with Gasteiger partial charge >= 0.3 is 12.1 Å². The molecule has 7 nitrogen and oxygen atoms in total. The summed E-state index contributed by atoms with van der Waals surface area (Å²) in [5.41, 5.74) is 0.406. The van der Waals surface area contributed by atoms with Gasteiger partial charge in [0.1, 0.15) is 11.5 Å². The number of aliphatic carboxylic acids is 1. The highest BCUT2D eigenvalue weighted by atomic mass is 16.7. The zero-order chi connectivity index (χ0) is 20.1. The monoisotopic (exact) mass is 371 g/mol. The largest absolute Gasteiger partial charge is 0.508 e. The first-order valence-electron chi connectivity index (χ1n) is 8.26. The molecule has 0 heterocycles. The van der Waals surface area contributed by atoms with Crippen molar-refractivity contribution in [3.05, 3.63) is 60.2 Å². The van der Waals surface area contributed by atoms with Gasteiger partial charge in [0.2, 0.25) is 0 Å². The Morgan fingerprint density at radius 3 is 2.11 bits per heavy atom. The highest BCUT2D eigenvalue weighted by Crippen LogP contribution is 2.25. The Balaban J connectivity index is 0.000000387. The molecule has 7 heteroatoms. The van der Waals surface area contributed by atoms with E-state index < -0.39 is 18.0 Å². The number of hydrogen-bond acceptors (Lipinski definition) is 6. The number of para-hydroxylation sites is 1. The van der Waals surface area contributed by atoms with Crippen molar-refractivity contribution in [1.82, 2.24) is 0 Å². The molecule has 0 aliphatic heterocycles. The second-order valence-corrected chi connectivity index (χ2v) is 5.00. The van der Waals surface area contributed by atoms with Crippen molar-refractivity contribution >= 4 is 12.1 Å². The van der Waals surface area contributed by atoms with Crippen LogP contribution >= 0.6 is 0 Å². The van der Waals surface area contributed by atoms with Crippen LogP contribution < -0.4 is 4.74 Å². The quantitative estimate of drug-likeness (QED) is 0.752. The third kappa shape index (κ3) is 7.92. The molecule has 0 radical (unpaired) electrons. The molecule has 0 bridgehead atoms. The maximum Gasteiger partial charge on any atom is 0.508 e. The van der Waals surface area contributed by atoms with Crippen molar-refractivity contribution in [3.8, 4) is 17.6 Å². The molecule has 27 heavy (non-hydrogen) atoms. The smallest absolute Gasteiger partial charge is 0.480 e. The molecule has 0 aliphatic rings. The van der Waals surface area contributed by atoms with Crippen LogP contribution in [0.3, 0.4) is 0 Å². The van der Waals surface area contributed by atoms with Crippen LogP contribution in [0.4, 0.5) is 4.79 Å². The van der Waals surface area contributed by atoms with E-state index in [2.05, 4.69) is 9.47 Å². The fraction of sp³-hybridized carbons (Fsp3) is 0.250. The summed E-state index contributed by atoms with van der Waals surface area (Å²) in [4.78, 5) is 21.1. The van der Waals surface area contributed by atoms with E-state index in [1.807, 2.05) is 18.2 Å². The van der Waals surface area contributed by atoms with Gasteiger partial charge in [0.15, 0.2) is 5.92 Å². The van der Waals surface area contributed by atoms with Crippen molar-refractivity contribution in [3.63, 3.8) is 0 Å². The predicted octanol–water partition coefficient (Wildman–Crippen LogP) is 4.35. The van der Waals surface area contributed by atoms with Crippen molar-refractivity contribution in [2.24, 2.45) is 0 Å². The lowest BCUT2D eigenvalue weighted by molar-refractivity contribution is -0.137. The molecule has 2 rings (SSSR count). The van der Waals surface area contributed by atoms with Crippen LogP contribution in [0.15, 0.2) is 54.6 Å². The normalized spacial score (nSPS) is 10.4. The molecule has 0 saturated heterocycles. The van der Waals surface area contributed by atoms with E-state index in [9.17, 15) is 9.59 Å². The van der Waals surface area contributed by atoms with Gasteiger partial charge in [0.05, 0.1) is 19.3 Å². The number of carbonyl (C=O) groups excluding carboxylic acids is 1. The highest BCUT2D eigenvalue weighted by molar-refractivity contribution is 5.79. The Kier molecular flexibility index (Phi) is 9.50. The van der Waals surface area contributed by atoms with Crippen molar-refractivity contribution < 1.29 is 28.9 Å². The molecule has 0 spiro atoms. The van der Waals surface area contributed by atoms with Gasteiger partial charge in [0.25, 0.3) is 0 Å². The van der Waals surface area contributed by atoms with Crippen molar-refractivity contribution in [2.75, 3.05) is 13.2 Å².